The topological polar surface area (TPSA) is 117 Å². The number of nitrogens with one attached hydrogen (secondary N) is 1. The maximum Gasteiger partial charge on any atom is 0.311 e. The third-order valence-corrected chi connectivity index (χ3v) is 5.06. The van der Waals surface area contributed by atoms with Gasteiger partial charge in [-0.25, -0.2) is 4.98 Å². The molecule has 4 rings (SSSR count). The Hall–Kier alpha value is -4.11. The molecule has 0 saturated carbocycles. The van der Waals surface area contributed by atoms with Gasteiger partial charge in [0.15, 0.2) is 11.3 Å². The van der Waals surface area contributed by atoms with Crippen LogP contribution in [-0.2, 0) is 0 Å². The van der Waals surface area contributed by atoms with E-state index >= 15 is 0 Å². The number of oxazole rings is 1. The summed E-state index contributed by atoms with van der Waals surface area (Å²) in [5, 5.41) is 14.5. The van der Waals surface area contributed by atoms with Crippen molar-refractivity contribution >= 4 is 40.0 Å². The number of carbonyl (C=O) groups is 1. The maximum atomic E-state index is 12.7. The molecule has 0 bridgehead atoms. The fourth-order valence-electron chi connectivity index (χ4n) is 3.21. The highest BCUT2D eigenvalue weighted by atomic mass is 35.5. The lowest BCUT2D eigenvalue weighted by molar-refractivity contribution is -0.385. The van der Waals surface area contributed by atoms with Gasteiger partial charge < -0.3 is 19.2 Å². The predicted octanol–water partition coefficient (Wildman–Crippen LogP) is 5.72. The average Bonchev–Trinajstić information content (AvgIpc) is 3.22. The van der Waals surface area contributed by atoms with Crippen LogP contribution in [0.2, 0.25) is 5.02 Å². The molecule has 1 amide bonds. The summed E-state index contributed by atoms with van der Waals surface area (Å²) in [7, 11) is 1.53. The molecule has 33 heavy (non-hydrogen) atoms. The molecule has 3 aromatic carbocycles. The number of nitrogens with zero attached hydrogens (tertiary/aromatic N) is 2. The Morgan fingerprint density at radius 1 is 1.15 bits per heavy atom. The summed E-state index contributed by atoms with van der Waals surface area (Å²) < 4.78 is 16.2. The van der Waals surface area contributed by atoms with Crippen molar-refractivity contribution < 1.29 is 23.6 Å². The van der Waals surface area contributed by atoms with Crippen LogP contribution < -0.4 is 14.8 Å². The summed E-state index contributed by atoms with van der Waals surface area (Å²) in [4.78, 5) is 27.9. The van der Waals surface area contributed by atoms with Gasteiger partial charge in [0.2, 0.25) is 5.89 Å². The third kappa shape index (κ3) is 4.58. The summed E-state index contributed by atoms with van der Waals surface area (Å²) in [5.74, 6) is 0.497. The number of methoxy groups -OCH3 is 1. The van der Waals surface area contributed by atoms with Crippen molar-refractivity contribution in [3.63, 3.8) is 0 Å². The van der Waals surface area contributed by atoms with Crippen LogP contribution in [0.4, 0.5) is 11.4 Å². The summed E-state index contributed by atoms with van der Waals surface area (Å²) in [5.41, 5.74) is 2.01. The van der Waals surface area contributed by atoms with Crippen LogP contribution in [0.3, 0.4) is 0 Å². The summed E-state index contributed by atoms with van der Waals surface area (Å²) in [6.45, 7) is 1.99. The van der Waals surface area contributed by atoms with Crippen LogP contribution in [0.15, 0.2) is 59.0 Å². The molecular weight excluding hydrogens is 450 g/mol. The van der Waals surface area contributed by atoms with Crippen molar-refractivity contribution in [3.8, 4) is 23.0 Å². The number of ether oxygens (including phenoxy) is 2. The fraction of sp³-hybridized carbons (Fsp3) is 0.130. The van der Waals surface area contributed by atoms with Crippen molar-refractivity contribution in [1.82, 2.24) is 4.98 Å². The van der Waals surface area contributed by atoms with Crippen molar-refractivity contribution in [3.05, 3.63) is 75.3 Å². The quantitative estimate of drug-likeness (QED) is 0.273. The highest BCUT2D eigenvalue weighted by Gasteiger charge is 2.19. The van der Waals surface area contributed by atoms with Gasteiger partial charge in [-0.05, 0) is 55.5 Å². The Kier molecular flexibility index (Phi) is 6.14. The number of hydrogen-bond acceptors (Lipinski definition) is 7. The van der Waals surface area contributed by atoms with Gasteiger partial charge in [-0.2, -0.15) is 0 Å². The molecule has 0 radical (unpaired) electrons. The van der Waals surface area contributed by atoms with E-state index in [9.17, 15) is 14.9 Å². The normalized spacial score (nSPS) is 10.8. The summed E-state index contributed by atoms with van der Waals surface area (Å²) in [6.07, 6.45) is 0. The SMILES string of the molecule is CCOc1ccc(C(=O)Nc2ccc3oc(-c4ccc(OC)c(Cl)c4)nc3c2)cc1[N+](=O)[O-]. The van der Waals surface area contributed by atoms with Crippen LogP contribution in [0.5, 0.6) is 11.5 Å². The first kappa shape index (κ1) is 22.1. The first-order valence-electron chi connectivity index (χ1n) is 9.86. The number of hydrogen-bond donors (Lipinski definition) is 1. The Balaban J connectivity index is 1.58. The van der Waals surface area contributed by atoms with Crippen LogP contribution in [-0.4, -0.2) is 29.5 Å². The number of carbonyl (C=O) groups excluding carboxylic acids is 1. The van der Waals surface area contributed by atoms with Crippen LogP contribution >= 0.6 is 11.6 Å². The van der Waals surface area contributed by atoms with Gasteiger partial charge in [-0.3, -0.25) is 14.9 Å². The lowest BCUT2D eigenvalue weighted by Crippen LogP contribution is -2.12. The molecule has 0 unspecified atom stereocenters. The van der Waals surface area contributed by atoms with Crippen molar-refractivity contribution in [2.24, 2.45) is 0 Å². The molecule has 0 aliphatic carbocycles. The van der Waals surface area contributed by atoms with Crippen LogP contribution in [0.1, 0.15) is 17.3 Å². The fourth-order valence-corrected chi connectivity index (χ4v) is 3.47. The van der Waals surface area contributed by atoms with Gasteiger partial charge in [0.1, 0.15) is 11.3 Å². The summed E-state index contributed by atoms with van der Waals surface area (Å²) in [6, 6.07) is 14.2. The lowest BCUT2D eigenvalue weighted by atomic mass is 10.1. The maximum absolute atomic E-state index is 12.7. The first-order chi connectivity index (χ1) is 15.9. The van der Waals surface area contributed by atoms with Gasteiger partial charge >= 0.3 is 5.69 Å². The predicted molar refractivity (Wildman–Crippen MR) is 123 cm³/mol. The molecule has 0 spiro atoms. The van der Waals surface area contributed by atoms with Crippen LogP contribution in [0, 0.1) is 10.1 Å². The van der Waals surface area contributed by atoms with Crippen molar-refractivity contribution in [2.75, 3.05) is 19.0 Å². The molecule has 9 nitrogen and oxygen atoms in total. The Bertz CT molecular complexity index is 1370. The minimum absolute atomic E-state index is 0.106. The smallest absolute Gasteiger partial charge is 0.311 e. The Labute approximate surface area is 193 Å². The van der Waals surface area contributed by atoms with Gasteiger partial charge in [0, 0.05) is 22.9 Å². The van der Waals surface area contributed by atoms with Crippen molar-refractivity contribution in [2.45, 2.75) is 6.92 Å². The number of amides is 1. The van der Waals surface area contributed by atoms with Gasteiger partial charge in [-0.1, -0.05) is 11.6 Å². The Morgan fingerprint density at radius 2 is 1.94 bits per heavy atom. The van der Waals surface area contributed by atoms with E-state index < -0.39 is 10.8 Å². The number of nitro groups is 1. The average molecular weight is 468 g/mol. The van der Waals surface area contributed by atoms with Crippen LogP contribution in [0.25, 0.3) is 22.6 Å². The molecule has 0 aliphatic heterocycles. The zero-order valence-electron chi connectivity index (χ0n) is 17.6. The molecule has 1 N–H and O–H groups in total. The Morgan fingerprint density at radius 3 is 2.64 bits per heavy atom. The van der Waals surface area contributed by atoms with Crippen molar-refractivity contribution in [1.29, 1.82) is 0 Å². The highest BCUT2D eigenvalue weighted by Crippen LogP contribution is 2.32. The standard InChI is InChI=1S/C23H18ClN3O6/c1-3-32-21-8-4-13(11-18(21)27(29)30)22(28)25-15-6-9-20-17(12-15)26-23(33-20)14-5-7-19(31-2)16(24)10-14/h4-12H,3H2,1-2H3,(H,25,28). The van der Waals surface area contributed by atoms with E-state index in [1.54, 1.807) is 43.3 Å². The number of rotatable bonds is 7. The summed E-state index contributed by atoms with van der Waals surface area (Å²) >= 11 is 6.18. The number of halogens is 1. The molecule has 0 aliphatic rings. The van der Waals surface area contributed by atoms with E-state index in [1.165, 1.54) is 25.3 Å². The minimum Gasteiger partial charge on any atom is -0.495 e. The van der Waals surface area contributed by atoms with E-state index in [-0.39, 0.29) is 23.6 Å². The highest BCUT2D eigenvalue weighted by molar-refractivity contribution is 6.32. The van der Waals surface area contributed by atoms with Gasteiger partial charge in [-0.15, -0.1) is 0 Å². The van der Waals surface area contributed by atoms with Gasteiger partial charge in [0.25, 0.3) is 5.91 Å². The second-order valence-electron chi connectivity index (χ2n) is 6.88. The third-order valence-electron chi connectivity index (χ3n) is 4.76. The minimum atomic E-state index is -0.587. The molecular formula is C23H18ClN3O6. The molecule has 1 heterocycles. The molecule has 0 saturated heterocycles. The molecule has 1 aromatic heterocycles. The zero-order valence-corrected chi connectivity index (χ0v) is 18.4. The second-order valence-corrected chi connectivity index (χ2v) is 7.28. The molecule has 10 heteroatoms. The lowest BCUT2D eigenvalue weighted by Gasteiger charge is -2.07. The van der Waals surface area contributed by atoms with E-state index in [1.807, 2.05) is 0 Å². The van der Waals surface area contributed by atoms with E-state index in [0.29, 0.717) is 39.0 Å². The monoisotopic (exact) mass is 467 g/mol. The van der Waals surface area contributed by atoms with E-state index in [2.05, 4.69) is 10.3 Å². The van der Waals surface area contributed by atoms with Gasteiger partial charge in [0.05, 0.1) is 23.7 Å². The number of fused-ring (bicyclic) bond motifs is 1. The van der Waals surface area contributed by atoms with E-state index in [4.69, 9.17) is 25.5 Å². The molecule has 168 valence electrons. The van der Waals surface area contributed by atoms with E-state index in [0.717, 1.165) is 0 Å². The number of nitro benzene ring substituents is 1. The first-order valence-corrected chi connectivity index (χ1v) is 10.2. The number of anilines is 1. The molecule has 4 aromatic rings. The largest absolute Gasteiger partial charge is 0.495 e. The molecule has 0 atom stereocenters. The number of aromatic nitrogens is 1. The second kappa shape index (κ2) is 9.17. The molecule has 0 fully saturated rings. The zero-order chi connectivity index (χ0) is 23.5. The number of benzene rings is 3.